The smallest absolute Gasteiger partial charge is 0.341 e. The van der Waals surface area contributed by atoms with Crippen LogP contribution >= 0.6 is 23.8 Å². The second kappa shape index (κ2) is 9.39. The van der Waals surface area contributed by atoms with Crippen molar-refractivity contribution in [3.63, 3.8) is 0 Å². The van der Waals surface area contributed by atoms with Crippen LogP contribution in [0.25, 0.3) is 0 Å². The molecule has 0 saturated carbocycles. The summed E-state index contributed by atoms with van der Waals surface area (Å²) in [4.78, 5) is 1.86. The number of alkyl halides is 3. The molecule has 180 valence electrons. The van der Waals surface area contributed by atoms with Crippen LogP contribution in [-0.2, 0) is 12.7 Å². The number of anilines is 1. The zero-order valence-corrected chi connectivity index (χ0v) is 20.6. The van der Waals surface area contributed by atoms with Gasteiger partial charge in [0.25, 0.3) is 0 Å². The van der Waals surface area contributed by atoms with Gasteiger partial charge in [-0.3, -0.25) is 0 Å². The number of thiocarbonyl (C=S) groups is 1. The summed E-state index contributed by atoms with van der Waals surface area (Å²) < 4.78 is 54.2. The van der Waals surface area contributed by atoms with Gasteiger partial charge in [-0.1, -0.05) is 29.8 Å². The molecule has 33 heavy (non-hydrogen) atoms. The predicted octanol–water partition coefficient (Wildman–Crippen LogP) is 7.01. The minimum atomic E-state index is -4.52. The maximum atomic E-state index is 14.5. The lowest BCUT2D eigenvalue weighted by Gasteiger charge is -2.50. The number of hydrogen-bond donors (Lipinski definition) is 2. The lowest BCUT2D eigenvalue weighted by molar-refractivity contribution is -0.137. The molecule has 2 aromatic rings. The highest BCUT2D eigenvalue weighted by atomic mass is 35.5. The van der Waals surface area contributed by atoms with Crippen LogP contribution in [-0.4, -0.2) is 27.1 Å². The van der Waals surface area contributed by atoms with Crippen molar-refractivity contribution >= 4 is 34.6 Å². The Morgan fingerprint density at radius 1 is 1.12 bits per heavy atom. The third-order valence-electron chi connectivity index (χ3n) is 5.70. The summed E-state index contributed by atoms with van der Waals surface area (Å²) in [5.74, 6) is -0.366. The SMILES string of the molecule is CC1(C)CC(N(Cc2ccccc2F)C(=S)Nc2cc(C(F)(F)F)ccc2Cl)CC(C)(C)N1. The van der Waals surface area contributed by atoms with E-state index in [4.69, 9.17) is 23.8 Å². The fraction of sp³-hybridized carbons (Fsp3) is 0.458. The molecule has 3 rings (SSSR count). The van der Waals surface area contributed by atoms with Crippen LogP contribution in [0.15, 0.2) is 42.5 Å². The van der Waals surface area contributed by atoms with Crippen molar-refractivity contribution in [1.82, 2.24) is 10.2 Å². The number of piperidine rings is 1. The average Bonchev–Trinajstić information content (AvgIpc) is 2.65. The molecule has 0 unspecified atom stereocenters. The zero-order chi connectivity index (χ0) is 24.6. The summed E-state index contributed by atoms with van der Waals surface area (Å²) in [6.45, 7) is 8.52. The molecular weight excluding hydrogens is 474 g/mol. The molecule has 2 aromatic carbocycles. The lowest BCUT2D eigenvalue weighted by atomic mass is 9.79. The van der Waals surface area contributed by atoms with Crippen LogP contribution in [0.5, 0.6) is 0 Å². The predicted molar refractivity (Wildman–Crippen MR) is 129 cm³/mol. The van der Waals surface area contributed by atoms with E-state index in [1.807, 2.05) is 4.90 Å². The first kappa shape index (κ1) is 25.7. The first-order valence-corrected chi connectivity index (χ1v) is 11.4. The Labute approximate surface area is 202 Å². The van der Waals surface area contributed by atoms with E-state index < -0.39 is 11.7 Å². The van der Waals surface area contributed by atoms with Crippen LogP contribution in [0.2, 0.25) is 5.02 Å². The third-order valence-corrected chi connectivity index (χ3v) is 6.37. The quantitative estimate of drug-likeness (QED) is 0.348. The summed E-state index contributed by atoms with van der Waals surface area (Å²) in [6.07, 6.45) is -3.09. The average molecular weight is 502 g/mol. The molecule has 0 atom stereocenters. The Morgan fingerprint density at radius 3 is 2.30 bits per heavy atom. The van der Waals surface area contributed by atoms with E-state index in [9.17, 15) is 17.6 Å². The molecule has 1 heterocycles. The zero-order valence-electron chi connectivity index (χ0n) is 19.0. The number of nitrogens with one attached hydrogen (secondary N) is 2. The van der Waals surface area contributed by atoms with E-state index in [1.165, 1.54) is 12.1 Å². The van der Waals surface area contributed by atoms with Gasteiger partial charge in [-0.2, -0.15) is 13.2 Å². The van der Waals surface area contributed by atoms with Gasteiger partial charge in [-0.15, -0.1) is 0 Å². The molecule has 0 aliphatic carbocycles. The maximum absolute atomic E-state index is 14.5. The molecular formula is C24H28ClF4N3S. The van der Waals surface area contributed by atoms with E-state index in [0.29, 0.717) is 18.4 Å². The summed E-state index contributed by atoms with van der Waals surface area (Å²) in [7, 11) is 0. The van der Waals surface area contributed by atoms with Crippen molar-refractivity contribution < 1.29 is 17.6 Å². The van der Waals surface area contributed by atoms with Gasteiger partial charge in [0.1, 0.15) is 5.82 Å². The Morgan fingerprint density at radius 2 is 1.73 bits per heavy atom. The largest absolute Gasteiger partial charge is 0.416 e. The summed E-state index contributed by atoms with van der Waals surface area (Å²) >= 11 is 11.8. The Hall–Kier alpha value is -1.90. The topological polar surface area (TPSA) is 27.3 Å². The lowest BCUT2D eigenvalue weighted by Crippen LogP contribution is -2.63. The van der Waals surface area contributed by atoms with Gasteiger partial charge >= 0.3 is 6.18 Å². The van der Waals surface area contributed by atoms with E-state index in [0.717, 1.165) is 12.1 Å². The molecule has 1 saturated heterocycles. The fourth-order valence-corrected chi connectivity index (χ4v) is 5.14. The highest BCUT2D eigenvalue weighted by Gasteiger charge is 2.41. The van der Waals surface area contributed by atoms with Crippen LogP contribution in [0.4, 0.5) is 23.2 Å². The second-order valence-corrected chi connectivity index (χ2v) is 10.6. The van der Waals surface area contributed by atoms with Crippen molar-refractivity contribution in [2.75, 3.05) is 5.32 Å². The first-order valence-electron chi connectivity index (χ1n) is 10.6. The molecule has 0 bridgehead atoms. The van der Waals surface area contributed by atoms with Crippen molar-refractivity contribution in [2.45, 2.75) is 70.4 Å². The Bertz CT molecular complexity index is 1010. The third kappa shape index (κ3) is 6.58. The van der Waals surface area contributed by atoms with Gasteiger partial charge in [0.15, 0.2) is 5.11 Å². The molecule has 0 radical (unpaired) electrons. The monoisotopic (exact) mass is 501 g/mol. The normalized spacial score (nSPS) is 18.1. The van der Waals surface area contributed by atoms with E-state index >= 15 is 0 Å². The molecule has 2 N–H and O–H groups in total. The van der Waals surface area contributed by atoms with Crippen molar-refractivity contribution in [2.24, 2.45) is 0 Å². The van der Waals surface area contributed by atoms with Gasteiger partial charge in [-0.05, 0) is 77.0 Å². The summed E-state index contributed by atoms with van der Waals surface area (Å²) in [6, 6.07) is 9.38. The standard InChI is InChI=1S/C24H28ClF4N3S/c1-22(2)12-17(13-23(3,4)31-22)32(14-15-7-5-6-8-19(15)26)21(33)30-20-11-16(24(27,28)29)9-10-18(20)25/h5-11,17,31H,12-14H2,1-4H3,(H,30,33). The number of halogens is 5. The van der Waals surface area contributed by atoms with Crippen molar-refractivity contribution in [1.29, 1.82) is 0 Å². The van der Waals surface area contributed by atoms with Gasteiger partial charge in [0.05, 0.1) is 16.3 Å². The summed E-state index contributed by atoms with van der Waals surface area (Å²) in [5.41, 5.74) is -0.761. The van der Waals surface area contributed by atoms with Crippen LogP contribution in [0.3, 0.4) is 0 Å². The highest BCUT2D eigenvalue weighted by molar-refractivity contribution is 7.80. The molecule has 1 aliphatic heterocycles. The van der Waals surface area contributed by atoms with Crippen molar-refractivity contribution in [3.8, 4) is 0 Å². The van der Waals surface area contributed by atoms with E-state index in [1.54, 1.807) is 18.2 Å². The molecule has 0 spiro atoms. The number of rotatable bonds is 4. The van der Waals surface area contributed by atoms with Crippen molar-refractivity contribution in [3.05, 3.63) is 64.4 Å². The first-order chi connectivity index (χ1) is 15.2. The Balaban J connectivity index is 1.96. The number of hydrogen-bond acceptors (Lipinski definition) is 2. The van der Waals surface area contributed by atoms with Gasteiger partial charge < -0.3 is 15.5 Å². The molecule has 9 heteroatoms. The minimum Gasteiger partial charge on any atom is -0.341 e. The molecule has 1 fully saturated rings. The number of benzene rings is 2. The van der Waals surface area contributed by atoms with E-state index in [-0.39, 0.29) is 45.3 Å². The summed E-state index contributed by atoms with van der Waals surface area (Å²) in [5, 5.41) is 6.81. The highest BCUT2D eigenvalue weighted by Crippen LogP contribution is 2.36. The molecule has 0 amide bonds. The van der Waals surface area contributed by atoms with Crippen LogP contribution in [0, 0.1) is 5.82 Å². The Kier molecular flexibility index (Phi) is 7.32. The molecule has 1 aliphatic rings. The van der Waals surface area contributed by atoms with Gasteiger partial charge in [0.2, 0.25) is 0 Å². The molecule has 3 nitrogen and oxygen atoms in total. The molecule has 0 aromatic heterocycles. The maximum Gasteiger partial charge on any atom is 0.416 e. The fourth-order valence-electron chi connectivity index (χ4n) is 4.65. The van der Waals surface area contributed by atoms with E-state index in [2.05, 4.69) is 38.3 Å². The second-order valence-electron chi connectivity index (χ2n) is 9.80. The van der Waals surface area contributed by atoms with Crippen LogP contribution in [0.1, 0.15) is 51.7 Å². The van der Waals surface area contributed by atoms with Crippen LogP contribution < -0.4 is 10.6 Å². The number of nitrogens with zero attached hydrogens (tertiary/aromatic N) is 1. The minimum absolute atomic E-state index is 0.0579. The van der Waals surface area contributed by atoms with Gasteiger partial charge in [0, 0.05) is 29.2 Å². The van der Waals surface area contributed by atoms with Gasteiger partial charge in [-0.25, -0.2) is 4.39 Å².